The van der Waals surface area contributed by atoms with E-state index in [1.807, 2.05) is 13.8 Å². The topological polar surface area (TPSA) is 120 Å². The van der Waals surface area contributed by atoms with Gasteiger partial charge in [-0.1, -0.05) is 0 Å². The molecular weight excluding hydrogens is 342 g/mol. The van der Waals surface area contributed by atoms with Crippen LogP contribution >= 0.6 is 0 Å². The first-order valence-electron chi connectivity index (χ1n) is 8.11. The smallest absolute Gasteiger partial charge is 0.338 e. The minimum atomic E-state index is -0.761. The normalized spacial score (nSPS) is 16.9. The maximum Gasteiger partial charge on any atom is 0.338 e. The summed E-state index contributed by atoms with van der Waals surface area (Å²) >= 11 is 0. The molecular formula is C17H21N3O6. The van der Waals surface area contributed by atoms with Crippen LogP contribution in [0.1, 0.15) is 32.4 Å². The summed E-state index contributed by atoms with van der Waals surface area (Å²) in [6.45, 7) is 5.68. The highest BCUT2D eigenvalue weighted by Gasteiger charge is 2.32. The number of urea groups is 1. The van der Waals surface area contributed by atoms with E-state index in [0.717, 1.165) is 0 Å². The summed E-state index contributed by atoms with van der Waals surface area (Å²) in [7, 11) is 0. The predicted molar refractivity (Wildman–Crippen MR) is 92.3 cm³/mol. The van der Waals surface area contributed by atoms with Gasteiger partial charge in [0.25, 0.3) is 5.69 Å². The largest absolute Gasteiger partial charge is 0.460 e. The number of carbonyl (C=O) groups excluding carboxylic acids is 2. The van der Waals surface area contributed by atoms with Crippen LogP contribution in [0.2, 0.25) is 0 Å². The molecule has 0 saturated carbocycles. The van der Waals surface area contributed by atoms with Crippen molar-refractivity contribution in [3.05, 3.63) is 51.2 Å². The van der Waals surface area contributed by atoms with Crippen molar-refractivity contribution in [2.45, 2.75) is 32.9 Å². The number of ether oxygens (including phenoxy) is 2. The fraction of sp³-hybridized carbons (Fsp3) is 0.412. The number of nitro benzene ring substituents is 1. The van der Waals surface area contributed by atoms with Gasteiger partial charge in [-0.3, -0.25) is 10.1 Å². The molecule has 2 N–H and O–H groups in total. The van der Waals surface area contributed by atoms with Gasteiger partial charge in [0, 0.05) is 17.8 Å². The Balaban J connectivity index is 2.19. The molecule has 0 saturated heterocycles. The van der Waals surface area contributed by atoms with E-state index in [-0.39, 0.29) is 30.6 Å². The minimum Gasteiger partial charge on any atom is -0.460 e. The van der Waals surface area contributed by atoms with Gasteiger partial charge < -0.3 is 20.1 Å². The van der Waals surface area contributed by atoms with Crippen LogP contribution in [0.15, 0.2) is 35.5 Å². The molecule has 140 valence electrons. The van der Waals surface area contributed by atoms with Crippen LogP contribution in [0.5, 0.6) is 0 Å². The molecule has 0 fully saturated rings. The Labute approximate surface area is 150 Å². The number of carbonyl (C=O) groups is 2. The Morgan fingerprint density at radius 3 is 2.50 bits per heavy atom. The van der Waals surface area contributed by atoms with Crippen molar-refractivity contribution in [1.29, 1.82) is 0 Å². The van der Waals surface area contributed by atoms with Gasteiger partial charge >= 0.3 is 12.0 Å². The minimum absolute atomic E-state index is 0.0261. The van der Waals surface area contributed by atoms with E-state index in [4.69, 9.17) is 9.47 Å². The zero-order valence-electron chi connectivity index (χ0n) is 14.8. The molecule has 1 atom stereocenters. The standard InChI is InChI=1S/C17H21N3O6/c1-10(2)25-8-9-26-16(21)14-11(3)18-17(22)19-15(14)12-4-6-13(7-5-12)20(23)24/h4-7,10,15H,8-9H2,1-3H3,(H2,18,19,22)/t15-/m0/s1. The van der Waals surface area contributed by atoms with Gasteiger partial charge in [0.2, 0.25) is 0 Å². The molecule has 0 spiro atoms. The van der Waals surface area contributed by atoms with E-state index < -0.39 is 23.0 Å². The van der Waals surface area contributed by atoms with Crippen LogP contribution in [0, 0.1) is 10.1 Å². The van der Waals surface area contributed by atoms with E-state index in [1.165, 1.54) is 24.3 Å². The summed E-state index contributed by atoms with van der Waals surface area (Å²) in [5.41, 5.74) is 1.06. The number of allylic oxidation sites excluding steroid dienone is 1. The van der Waals surface area contributed by atoms with Gasteiger partial charge in [0.1, 0.15) is 6.61 Å². The predicted octanol–water partition coefficient (Wildman–Crippen LogP) is 2.19. The van der Waals surface area contributed by atoms with Crippen LogP contribution in [-0.2, 0) is 14.3 Å². The summed E-state index contributed by atoms with van der Waals surface area (Å²) in [6.07, 6.45) is 0.0261. The van der Waals surface area contributed by atoms with E-state index in [2.05, 4.69) is 10.6 Å². The van der Waals surface area contributed by atoms with Crippen LogP contribution in [-0.4, -0.2) is 36.2 Å². The summed E-state index contributed by atoms with van der Waals surface area (Å²) in [5, 5.41) is 16.0. The number of nitro groups is 1. The fourth-order valence-corrected chi connectivity index (χ4v) is 2.50. The molecule has 2 amide bonds. The molecule has 1 heterocycles. The summed E-state index contributed by atoms with van der Waals surface area (Å²) in [6, 6.07) is 4.40. The first kappa shape index (κ1) is 19.4. The molecule has 1 aromatic rings. The van der Waals surface area contributed by atoms with Crippen LogP contribution in [0.25, 0.3) is 0 Å². The fourth-order valence-electron chi connectivity index (χ4n) is 2.50. The second kappa shape index (κ2) is 8.43. The quantitative estimate of drug-likeness (QED) is 0.332. The highest BCUT2D eigenvalue weighted by molar-refractivity contribution is 5.95. The van der Waals surface area contributed by atoms with Crippen molar-refractivity contribution < 1.29 is 24.0 Å². The SMILES string of the molecule is CC1=C(C(=O)OCCOC(C)C)[C@H](c2ccc([N+](=O)[O-])cc2)NC(=O)N1. The number of rotatable bonds is 7. The van der Waals surface area contributed by atoms with E-state index in [1.54, 1.807) is 6.92 Å². The van der Waals surface area contributed by atoms with E-state index in [0.29, 0.717) is 11.3 Å². The summed E-state index contributed by atoms with van der Waals surface area (Å²) < 4.78 is 10.6. The van der Waals surface area contributed by atoms with Crippen molar-refractivity contribution in [2.75, 3.05) is 13.2 Å². The molecule has 0 aliphatic carbocycles. The highest BCUT2D eigenvalue weighted by atomic mass is 16.6. The molecule has 0 unspecified atom stereocenters. The lowest BCUT2D eigenvalue weighted by Crippen LogP contribution is -2.45. The number of amides is 2. The summed E-state index contributed by atoms with van der Waals surface area (Å²) in [4.78, 5) is 34.6. The molecule has 1 aliphatic heterocycles. The van der Waals surface area contributed by atoms with Gasteiger partial charge in [0.15, 0.2) is 0 Å². The van der Waals surface area contributed by atoms with Crippen molar-refractivity contribution in [3.8, 4) is 0 Å². The van der Waals surface area contributed by atoms with Crippen LogP contribution < -0.4 is 10.6 Å². The monoisotopic (exact) mass is 363 g/mol. The van der Waals surface area contributed by atoms with Gasteiger partial charge in [-0.25, -0.2) is 9.59 Å². The number of hydrogen-bond donors (Lipinski definition) is 2. The number of nitrogens with zero attached hydrogens (tertiary/aromatic N) is 1. The third kappa shape index (κ3) is 4.79. The molecule has 0 aromatic heterocycles. The van der Waals surface area contributed by atoms with E-state index in [9.17, 15) is 19.7 Å². The number of hydrogen-bond acceptors (Lipinski definition) is 6. The van der Waals surface area contributed by atoms with Crippen LogP contribution in [0.3, 0.4) is 0 Å². The molecule has 9 heteroatoms. The third-order valence-corrected chi connectivity index (χ3v) is 3.69. The lowest BCUT2D eigenvalue weighted by atomic mass is 9.95. The number of benzene rings is 1. The van der Waals surface area contributed by atoms with Gasteiger partial charge in [-0.15, -0.1) is 0 Å². The Kier molecular flexibility index (Phi) is 6.29. The van der Waals surface area contributed by atoms with Crippen molar-refractivity contribution >= 4 is 17.7 Å². The van der Waals surface area contributed by atoms with Crippen LogP contribution in [0.4, 0.5) is 10.5 Å². The zero-order valence-corrected chi connectivity index (χ0v) is 14.8. The maximum absolute atomic E-state index is 12.5. The molecule has 1 aromatic carbocycles. The van der Waals surface area contributed by atoms with Gasteiger partial charge in [0.05, 0.1) is 29.2 Å². The number of nitrogens with one attached hydrogen (secondary N) is 2. The third-order valence-electron chi connectivity index (χ3n) is 3.69. The highest BCUT2D eigenvalue weighted by Crippen LogP contribution is 2.28. The van der Waals surface area contributed by atoms with Crippen molar-refractivity contribution in [2.24, 2.45) is 0 Å². The Bertz CT molecular complexity index is 727. The average molecular weight is 363 g/mol. The lowest BCUT2D eigenvalue weighted by molar-refractivity contribution is -0.384. The average Bonchev–Trinajstić information content (AvgIpc) is 2.57. The first-order chi connectivity index (χ1) is 12.3. The summed E-state index contributed by atoms with van der Waals surface area (Å²) in [5.74, 6) is -0.592. The molecule has 9 nitrogen and oxygen atoms in total. The van der Waals surface area contributed by atoms with Crippen molar-refractivity contribution in [1.82, 2.24) is 10.6 Å². The number of esters is 1. The molecule has 0 bridgehead atoms. The Morgan fingerprint density at radius 1 is 1.27 bits per heavy atom. The molecule has 1 aliphatic rings. The number of non-ortho nitro benzene ring substituents is 1. The second-order valence-electron chi connectivity index (χ2n) is 5.97. The van der Waals surface area contributed by atoms with E-state index >= 15 is 0 Å². The van der Waals surface area contributed by atoms with Gasteiger partial charge in [-0.05, 0) is 38.5 Å². The van der Waals surface area contributed by atoms with Gasteiger partial charge in [-0.2, -0.15) is 0 Å². The molecule has 2 rings (SSSR count). The Hall–Kier alpha value is -2.94. The molecule has 26 heavy (non-hydrogen) atoms. The maximum atomic E-state index is 12.5. The lowest BCUT2D eigenvalue weighted by Gasteiger charge is -2.28. The molecule has 0 radical (unpaired) electrons. The Morgan fingerprint density at radius 2 is 1.92 bits per heavy atom. The first-order valence-corrected chi connectivity index (χ1v) is 8.11. The zero-order chi connectivity index (χ0) is 19.3. The van der Waals surface area contributed by atoms with Crippen molar-refractivity contribution in [3.63, 3.8) is 0 Å². The second-order valence-corrected chi connectivity index (χ2v) is 5.97.